The van der Waals surface area contributed by atoms with Crippen LogP contribution in [0.15, 0.2) is 24.4 Å². The lowest BCUT2D eigenvalue weighted by molar-refractivity contribution is -0.137. The first kappa shape index (κ1) is 21.2. The summed E-state index contributed by atoms with van der Waals surface area (Å²) in [6, 6.07) is 2.58. The number of aromatic nitrogens is 1. The molecule has 3 heterocycles. The molecule has 2 aromatic rings. The standard InChI is InChI=1S/C19H20F3N5O3S/c1-23-16(28)26-6-5-18(9-26)10-27(17(29)25-15-24-8-14(30-2)31-15)13-4-3-11(7-12(13)18)19(20,21)22/h3-4,7-8H,5-6,9-10H2,1-2H3,(H,23,28)(H,24,25,29)/t18-/m1/s1. The van der Waals surface area contributed by atoms with Gasteiger partial charge in [0.1, 0.15) is 0 Å². The third-order valence-corrected chi connectivity index (χ3v) is 6.52. The number of amides is 4. The van der Waals surface area contributed by atoms with Gasteiger partial charge in [0.15, 0.2) is 10.2 Å². The third-order valence-electron chi connectivity index (χ3n) is 5.65. The first-order chi connectivity index (χ1) is 14.7. The number of urea groups is 2. The number of rotatable bonds is 2. The maximum absolute atomic E-state index is 13.4. The van der Waals surface area contributed by atoms with Crippen molar-refractivity contribution in [1.82, 2.24) is 15.2 Å². The normalized spacial score (nSPS) is 20.2. The minimum absolute atomic E-state index is 0.158. The van der Waals surface area contributed by atoms with Crippen molar-refractivity contribution in [2.75, 3.05) is 44.0 Å². The van der Waals surface area contributed by atoms with Crippen molar-refractivity contribution < 1.29 is 27.5 Å². The van der Waals surface area contributed by atoms with Crippen LogP contribution in [0.2, 0.25) is 0 Å². The van der Waals surface area contributed by atoms with E-state index in [1.165, 1.54) is 31.3 Å². The van der Waals surface area contributed by atoms with E-state index in [0.29, 0.717) is 34.4 Å². The van der Waals surface area contributed by atoms with Gasteiger partial charge in [-0.3, -0.25) is 10.2 Å². The highest BCUT2D eigenvalue weighted by atomic mass is 32.1. The molecule has 0 radical (unpaired) electrons. The van der Waals surface area contributed by atoms with Gasteiger partial charge in [-0.15, -0.1) is 0 Å². The topological polar surface area (TPSA) is 86.8 Å². The molecule has 2 aliphatic rings. The maximum atomic E-state index is 13.4. The van der Waals surface area contributed by atoms with Gasteiger partial charge in [0, 0.05) is 37.8 Å². The summed E-state index contributed by atoms with van der Waals surface area (Å²) in [5.74, 6) is 0. The summed E-state index contributed by atoms with van der Waals surface area (Å²) in [6.07, 6.45) is -2.60. The number of alkyl halides is 3. The van der Waals surface area contributed by atoms with Crippen LogP contribution < -0.4 is 20.3 Å². The number of anilines is 2. The van der Waals surface area contributed by atoms with Crippen LogP contribution >= 0.6 is 11.3 Å². The second-order valence-corrected chi connectivity index (χ2v) is 8.43. The van der Waals surface area contributed by atoms with Crippen LogP contribution in [0, 0.1) is 0 Å². The molecule has 1 aromatic carbocycles. The average Bonchev–Trinajstić information content (AvgIpc) is 3.45. The predicted octanol–water partition coefficient (Wildman–Crippen LogP) is 3.51. The van der Waals surface area contributed by atoms with Crippen LogP contribution in [0.25, 0.3) is 0 Å². The molecular weight excluding hydrogens is 435 g/mol. The van der Waals surface area contributed by atoms with Gasteiger partial charge in [-0.2, -0.15) is 13.2 Å². The van der Waals surface area contributed by atoms with Crippen molar-refractivity contribution in [2.45, 2.75) is 18.0 Å². The van der Waals surface area contributed by atoms with E-state index in [0.717, 1.165) is 23.5 Å². The Morgan fingerprint density at radius 3 is 2.68 bits per heavy atom. The Kier molecular flexibility index (Phi) is 5.20. The highest BCUT2D eigenvalue weighted by molar-refractivity contribution is 7.17. The molecule has 1 atom stereocenters. The average molecular weight is 455 g/mol. The van der Waals surface area contributed by atoms with Crippen molar-refractivity contribution in [3.63, 3.8) is 0 Å². The van der Waals surface area contributed by atoms with Crippen LogP contribution in [0.3, 0.4) is 0 Å². The molecule has 0 aliphatic carbocycles. The largest absolute Gasteiger partial charge is 0.486 e. The van der Waals surface area contributed by atoms with Crippen LogP contribution in [0.1, 0.15) is 17.5 Å². The number of nitrogens with zero attached hydrogens (tertiary/aromatic N) is 3. The van der Waals surface area contributed by atoms with Gasteiger partial charge in [0.25, 0.3) is 0 Å². The number of carbonyl (C=O) groups is 2. The molecule has 12 heteroatoms. The lowest BCUT2D eigenvalue weighted by Crippen LogP contribution is -2.43. The highest BCUT2D eigenvalue weighted by Gasteiger charge is 2.50. The number of carbonyl (C=O) groups excluding carboxylic acids is 2. The molecule has 4 rings (SSSR count). The van der Waals surface area contributed by atoms with Gasteiger partial charge in [-0.1, -0.05) is 11.3 Å². The first-order valence-electron chi connectivity index (χ1n) is 9.43. The second-order valence-electron chi connectivity index (χ2n) is 7.44. The summed E-state index contributed by atoms with van der Waals surface area (Å²) in [7, 11) is 2.98. The fourth-order valence-corrected chi connectivity index (χ4v) is 4.77. The fourth-order valence-electron chi connectivity index (χ4n) is 4.15. The van der Waals surface area contributed by atoms with Crippen LogP contribution in [-0.2, 0) is 11.6 Å². The highest BCUT2D eigenvalue weighted by Crippen LogP contribution is 2.48. The number of halogens is 3. The van der Waals surface area contributed by atoms with E-state index >= 15 is 0 Å². The summed E-state index contributed by atoms with van der Waals surface area (Å²) in [5.41, 5.74) is -0.745. The van der Waals surface area contributed by atoms with Crippen molar-refractivity contribution in [1.29, 1.82) is 0 Å². The molecule has 4 amide bonds. The summed E-state index contributed by atoms with van der Waals surface area (Å²) in [6.45, 7) is 0.760. The number of likely N-dealkylation sites (tertiary alicyclic amines) is 1. The first-order valence-corrected chi connectivity index (χ1v) is 10.3. The fraction of sp³-hybridized carbons (Fsp3) is 0.421. The zero-order valence-electron chi connectivity index (χ0n) is 16.7. The molecule has 1 spiro atoms. The molecule has 0 saturated carbocycles. The van der Waals surface area contributed by atoms with Crippen LogP contribution in [0.5, 0.6) is 5.06 Å². The van der Waals surface area contributed by atoms with Crippen LogP contribution in [0.4, 0.5) is 33.6 Å². The summed E-state index contributed by atoms with van der Waals surface area (Å²) in [4.78, 5) is 32.1. The van der Waals surface area contributed by atoms with Gasteiger partial charge < -0.3 is 15.0 Å². The molecular formula is C19H20F3N5O3S. The molecule has 31 heavy (non-hydrogen) atoms. The van der Waals surface area contributed by atoms with E-state index in [2.05, 4.69) is 15.6 Å². The number of fused-ring (bicyclic) bond motifs is 2. The number of benzene rings is 1. The Morgan fingerprint density at radius 2 is 2.03 bits per heavy atom. The number of thiazole rings is 1. The van der Waals surface area contributed by atoms with Gasteiger partial charge >= 0.3 is 18.2 Å². The minimum atomic E-state index is -4.51. The number of hydrogen-bond donors (Lipinski definition) is 2. The molecule has 8 nitrogen and oxygen atoms in total. The molecule has 2 aliphatic heterocycles. The molecule has 1 aromatic heterocycles. The van der Waals surface area contributed by atoms with Crippen molar-refractivity contribution in [3.8, 4) is 5.06 Å². The van der Waals surface area contributed by atoms with Crippen molar-refractivity contribution in [3.05, 3.63) is 35.5 Å². The summed E-state index contributed by atoms with van der Waals surface area (Å²) < 4.78 is 45.2. The Balaban J connectivity index is 1.68. The monoisotopic (exact) mass is 455 g/mol. The van der Waals surface area contributed by atoms with Gasteiger partial charge in [0.05, 0.1) is 18.9 Å². The van der Waals surface area contributed by atoms with Gasteiger partial charge in [-0.25, -0.2) is 14.6 Å². The van der Waals surface area contributed by atoms with Crippen molar-refractivity contribution >= 4 is 34.2 Å². The predicted molar refractivity (Wildman–Crippen MR) is 109 cm³/mol. The molecule has 1 fully saturated rings. The molecule has 166 valence electrons. The van der Waals surface area contributed by atoms with E-state index in [9.17, 15) is 22.8 Å². The van der Waals surface area contributed by atoms with E-state index in [4.69, 9.17) is 4.74 Å². The Hall–Kier alpha value is -3.02. The number of ether oxygens (including phenoxy) is 1. The zero-order chi connectivity index (χ0) is 22.4. The molecule has 2 N–H and O–H groups in total. The van der Waals surface area contributed by atoms with E-state index in [-0.39, 0.29) is 19.1 Å². The van der Waals surface area contributed by atoms with E-state index in [1.807, 2.05) is 0 Å². The van der Waals surface area contributed by atoms with Gasteiger partial charge in [-0.05, 0) is 30.2 Å². The number of nitrogens with one attached hydrogen (secondary N) is 2. The number of hydrogen-bond acceptors (Lipinski definition) is 5. The number of methoxy groups -OCH3 is 1. The summed E-state index contributed by atoms with van der Waals surface area (Å²) in [5, 5.41) is 6.05. The lowest BCUT2D eigenvalue weighted by atomic mass is 9.81. The molecule has 0 bridgehead atoms. The zero-order valence-corrected chi connectivity index (χ0v) is 17.6. The second kappa shape index (κ2) is 7.59. The van der Waals surface area contributed by atoms with E-state index in [1.54, 1.807) is 4.90 Å². The van der Waals surface area contributed by atoms with E-state index < -0.39 is 23.2 Å². The molecule has 0 unspecified atom stereocenters. The SMILES string of the molecule is CNC(=O)N1CC[C@@]2(C1)CN(C(=O)Nc1ncc(OC)s1)c1ccc(C(F)(F)F)cc12. The third kappa shape index (κ3) is 3.75. The van der Waals surface area contributed by atoms with Gasteiger partial charge in [0.2, 0.25) is 0 Å². The lowest BCUT2D eigenvalue weighted by Gasteiger charge is -2.25. The van der Waals surface area contributed by atoms with Crippen molar-refractivity contribution in [2.24, 2.45) is 0 Å². The quantitative estimate of drug-likeness (QED) is 0.726. The summed E-state index contributed by atoms with van der Waals surface area (Å²) >= 11 is 1.14. The Morgan fingerprint density at radius 1 is 1.26 bits per heavy atom. The maximum Gasteiger partial charge on any atom is 0.416 e. The Bertz CT molecular complexity index is 1030. The Labute approximate surface area is 180 Å². The smallest absolute Gasteiger partial charge is 0.416 e. The molecule has 1 saturated heterocycles. The minimum Gasteiger partial charge on any atom is -0.486 e. The van der Waals surface area contributed by atoms with Crippen LogP contribution in [-0.4, -0.2) is 55.7 Å².